The number of amides is 2. The van der Waals surface area contributed by atoms with Crippen molar-refractivity contribution in [3.05, 3.63) is 35.1 Å². The van der Waals surface area contributed by atoms with E-state index in [1.54, 1.807) is 0 Å². The summed E-state index contributed by atoms with van der Waals surface area (Å²) < 4.78 is 43.6. The Kier molecular flexibility index (Phi) is 5.98. The lowest BCUT2D eigenvalue weighted by Crippen LogP contribution is -2.38. The molecule has 0 fully saturated rings. The Balaban J connectivity index is 2.55. The van der Waals surface area contributed by atoms with Crippen LogP contribution in [0.15, 0.2) is 12.1 Å². The van der Waals surface area contributed by atoms with E-state index >= 15 is 0 Å². The quantitative estimate of drug-likeness (QED) is 0.595. The maximum Gasteiger partial charge on any atom is 0.254 e. The highest BCUT2D eigenvalue weighted by Gasteiger charge is 2.18. The Labute approximate surface area is 113 Å². The monoisotopic (exact) mass is 290 g/mol. The minimum atomic E-state index is -1.73. The van der Waals surface area contributed by atoms with Crippen molar-refractivity contribution in [2.45, 2.75) is 0 Å². The van der Waals surface area contributed by atoms with Gasteiger partial charge in [-0.1, -0.05) is 0 Å². The van der Waals surface area contributed by atoms with Gasteiger partial charge in [-0.05, 0) is 12.1 Å². The van der Waals surface area contributed by atoms with Crippen molar-refractivity contribution < 1.29 is 27.5 Å². The maximum atomic E-state index is 13.3. The Morgan fingerprint density at radius 3 is 2.50 bits per heavy atom. The first-order chi connectivity index (χ1) is 9.47. The number of ether oxygens (including phenoxy) is 1. The fourth-order valence-electron chi connectivity index (χ4n) is 1.31. The summed E-state index contributed by atoms with van der Waals surface area (Å²) in [6, 6.07) is 1.43. The van der Waals surface area contributed by atoms with Crippen LogP contribution in [0, 0.1) is 17.5 Å². The highest BCUT2D eigenvalue weighted by molar-refractivity contribution is 5.96. The summed E-state index contributed by atoms with van der Waals surface area (Å²) in [6.07, 6.45) is 0. The molecule has 0 aliphatic carbocycles. The van der Waals surface area contributed by atoms with Gasteiger partial charge in [0.15, 0.2) is 17.5 Å². The lowest BCUT2D eigenvalue weighted by Gasteiger charge is -2.07. The third-order valence-corrected chi connectivity index (χ3v) is 2.32. The van der Waals surface area contributed by atoms with Crippen LogP contribution in [0.1, 0.15) is 10.4 Å². The number of hydrogen-bond acceptors (Lipinski definition) is 3. The van der Waals surface area contributed by atoms with Crippen molar-refractivity contribution in [2.75, 3.05) is 26.8 Å². The third-order valence-electron chi connectivity index (χ3n) is 2.32. The van der Waals surface area contributed by atoms with Gasteiger partial charge < -0.3 is 15.4 Å². The molecule has 0 saturated carbocycles. The number of nitrogens with one attached hydrogen (secondary N) is 2. The summed E-state index contributed by atoms with van der Waals surface area (Å²) in [5.74, 6) is -6.25. The molecule has 0 atom stereocenters. The molecule has 0 bridgehead atoms. The van der Waals surface area contributed by atoms with Crippen molar-refractivity contribution in [3.8, 4) is 0 Å². The number of carbonyl (C=O) groups is 2. The second-order valence-electron chi connectivity index (χ2n) is 3.75. The maximum absolute atomic E-state index is 13.3. The Bertz CT molecular complexity index is 509. The van der Waals surface area contributed by atoms with Crippen molar-refractivity contribution in [3.63, 3.8) is 0 Å². The number of carbonyl (C=O) groups excluding carboxylic acids is 2. The van der Waals surface area contributed by atoms with Crippen LogP contribution in [0.2, 0.25) is 0 Å². The molecule has 0 unspecified atom stereocenters. The number of methoxy groups -OCH3 is 1. The van der Waals surface area contributed by atoms with Gasteiger partial charge in [0.25, 0.3) is 5.91 Å². The average Bonchev–Trinajstić information content (AvgIpc) is 2.42. The Hall–Kier alpha value is -2.09. The Morgan fingerprint density at radius 2 is 1.85 bits per heavy atom. The van der Waals surface area contributed by atoms with Crippen LogP contribution >= 0.6 is 0 Å². The first-order valence-corrected chi connectivity index (χ1v) is 5.64. The van der Waals surface area contributed by atoms with E-state index in [-0.39, 0.29) is 6.54 Å². The zero-order valence-electron chi connectivity index (χ0n) is 10.6. The molecule has 0 saturated heterocycles. The molecule has 0 aromatic heterocycles. The summed E-state index contributed by atoms with van der Waals surface area (Å²) >= 11 is 0. The normalized spacial score (nSPS) is 10.2. The second-order valence-corrected chi connectivity index (χ2v) is 3.75. The smallest absolute Gasteiger partial charge is 0.254 e. The zero-order chi connectivity index (χ0) is 15.1. The molecule has 0 spiro atoms. The minimum absolute atomic E-state index is 0.255. The highest BCUT2D eigenvalue weighted by Crippen LogP contribution is 2.14. The summed E-state index contributed by atoms with van der Waals surface area (Å²) in [4.78, 5) is 22.8. The molecular weight excluding hydrogens is 277 g/mol. The SMILES string of the molecule is COCCNC(=O)CNC(=O)c1ccc(F)c(F)c1F. The van der Waals surface area contributed by atoms with Crippen LogP contribution in [0.5, 0.6) is 0 Å². The molecule has 110 valence electrons. The molecule has 8 heteroatoms. The van der Waals surface area contributed by atoms with E-state index in [0.29, 0.717) is 12.7 Å². The van der Waals surface area contributed by atoms with Gasteiger partial charge in [-0.25, -0.2) is 13.2 Å². The van der Waals surface area contributed by atoms with Gasteiger partial charge >= 0.3 is 0 Å². The van der Waals surface area contributed by atoms with Gasteiger partial charge in [0, 0.05) is 13.7 Å². The molecule has 2 amide bonds. The molecule has 0 aliphatic rings. The molecule has 1 aromatic carbocycles. The molecule has 1 rings (SSSR count). The first kappa shape index (κ1) is 16.0. The topological polar surface area (TPSA) is 67.4 Å². The van der Waals surface area contributed by atoms with E-state index in [0.717, 1.165) is 6.07 Å². The van der Waals surface area contributed by atoms with E-state index in [1.807, 2.05) is 0 Å². The third kappa shape index (κ3) is 4.23. The van der Waals surface area contributed by atoms with Gasteiger partial charge in [-0.2, -0.15) is 0 Å². The van der Waals surface area contributed by atoms with Crippen LogP contribution in [-0.4, -0.2) is 38.6 Å². The van der Waals surface area contributed by atoms with Gasteiger partial charge in [0.2, 0.25) is 5.91 Å². The van der Waals surface area contributed by atoms with Crippen molar-refractivity contribution in [1.82, 2.24) is 10.6 Å². The van der Waals surface area contributed by atoms with E-state index in [4.69, 9.17) is 4.74 Å². The van der Waals surface area contributed by atoms with Gasteiger partial charge in [0.05, 0.1) is 18.7 Å². The molecule has 0 radical (unpaired) electrons. The van der Waals surface area contributed by atoms with Crippen molar-refractivity contribution in [2.24, 2.45) is 0 Å². The number of hydrogen-bond donors (Lipinski definition) is 2. The van der Waals surface area contributed by atoms with Crippen LogP contribution in [0.25, 0.3) is 0 Å². The van der Waals surface area contributed by atoms with Gasteiger partial charge in [-0.3, -0.25) is 9.59 Å². The summed E-state index contributed by atoms with van der Waals surface area (Å²) in [6.45, 7) is 0.142. The standard InChI is InChI=1S/C12H13F3N2O3/c1-20-5-4-16-9(18)6-17-12(19)7-2-3-8(13)11(15)10(7)14/h2-3H,4-6H2,1H3,(H,16,18)(H,17,19). The molecule has 5 nitrogen and oxygen atoms in total. The van der Waals surface area contributed by atoms with Crippen molar-refractivity contribution >= 4 is 11.8 Å². The molecular formula is C12H13F3N2O3. The van der Waals surface area contributed by atoms with E-state index in [1.165, 1.54) is 7.11 Å². The van der Waals surface area contributed by atoms with Crippen LogP contribution in [-0.2, 0) is 9.53 Å². The number of halogens is 3. The largest absolute Gasteiger partial charge is 0.383 e. The molecule has 2 N–H and O–H groups in total. The zero-order valence-corrected chi connectivity index (χ0v) is 10.6. The van der Waals surface area contributed by atoms with Crippen molar-refractivity contribution in [1.29, 1.82) is 0 Å². The highest BCUT2D eigenvalue weighted by atomic mass is 19.2. The lowest BCUT2D eigenvalue weighted by molar-refractivity contribution is -0.120. The second kappa shape index (κ2) is 7.49. The molecule has 0 aliphatic heterocycles. The number of benzene rings is 1. The molecule has 1 aromatic rings. The minimum Gasteiger partial charge on any atom is -0.383 e. The Morgan fingerprint density at radius 1 is 1.15 bits per heavy atom. The predicted molar refractivity (Wildman–Crippen MR) is 63.5 cm³/mol. The van der Waals surface area contributed by atoms with Crippen LogP contribution < -0.4 is 10.6 Å². The van der Waals surface area contributed by atoms with Crippen LogP contribution in [0.3, 0.4) is 0 Å². The van der Waals surface area contributed by atoms with Crippen LogP contribution in [0.4, 0.5) is 13.2 Å². The lowest BCUT2D eigenvalue weighted by atomic mass is 10.2. The molecule has 20 heavy (non-hydrogen) atoms. The van der Waals surface area contributed by atoms with E-state index in [2.05, 4.69) is 10.6 Å². The van der Waals surface area contributed by atoms with E-state index in [9.17, 15) is 22.8 Å². The number of rotatable bonds is 6. The summed E-state index contributed by atoms with van der Waals surface area (Å²) in [7, 11) is 1.46. The predicted octanol–water partition coefficient (Wildman–Crippen LogP) is 0.596. The first-order valence-electron chi connectivity index (χ1n) is 5.64. The fraction of sp³-hybridized carbons (Fsp3) is 0.333. The fourth-order valence-corrected chi connectivity index (χ4v) is 1.31. The van der Waals surface area contributed by atoms with Gasteiger partial charge in [0.1, 0.15) is 0 Å². The average molecular weight is 290 g/mol. The van der Waals surface area contributed by atoms with E-state index < -0.39 is 41.4 Å². The molecule has 0 heterocycles. The summed E-state index contributed by atoms with van der Waals surface area (Å²) in [5, 5.41) is 4.51. The summed E-state index contributed by atoms with van der Waals surface area (Å²) in [5.41, 5.74) is -0.673. The van der Waals surface area contributed by atoms with Gasteiger partial charge in [-0.15, -0.1) is 0 Å².